The third-order valence-corrected chi connectivity index (χ3v) is 3.41. The molecule has 0 radical (unpaired) electrons. The van der Waals surface area contributed by atoms with Crippen molar-refractivity contribution in [2.24, 2.45) is 23.7 Å². The lowest BCUT2D eigenvalue weighted by atomic mass is 9.91. The summed E-state index contributed by atoms with van der Waals surface area (Å²) in [5.41, 5.74) is 0. The van der Waals surface area contributed by atoms with Gasteiger partial charge in [0.05, 0.1) is 5.92 Å². The second kappa shape index (κ2) is 2.93. The first-order valence-electron chi connectivity index (χ1n) is 4.40. The molecule has 0 spiro atoms. The molecule has 4 unspecified atom stereocenters. The maximum atomic E-state index is 12.4. The van der Waals surface area contributed by atoms with Crippen LogP contribution in [0.3, 0.4) is 0 Å². The lowest BCUT2D eigenvalue weighted by Crippen LogP contribution is -2.26. The molecule has 0 aromatic carbocycles. The van der Waals surface area contributed by atoms with E-state index < -0.39 is 12.1 Å². The molecule has 1 rings (SSSR count). The Hall–Kier alpha value is -0.210. The number of rotatable bonds is 0. The normalized spacial score (nSPS) is 43.5. The monoisotopic (exact) mass is 180 g/mol. The molecule has 0 saturated heterocycles. The standard InChI is InChI=1S/C9H15F3/c1-5-4-8(9(10,11)12)7(3)6(5)2/h5-8H,4H2,1-3H3. The van der Waals surface area contributed by atoms with E-state index in [-0.39, 0.29) is 17.8 Å². The zero-order valence-electron chi connectivity index (χ0n) is 7.65. The van der Waals surface area contributed by atoms with Gasteiger partial charge < -0.3 is 0 Å². The quantitative estimate of drug-likeness (QED) is 0.535. The molecule has 1 saturated carbocycles. The van der Waals surface area contributed by atoms with E-state index >= 15 is 0 Å². The summed E-state index contributed by atoms with van der Waals surface area (Å²) >= 11 is 0. The van der Waals surface area contributed by atoms with Crippen molar-refractivity contribution < 1.29 is 13.2 Å². The van der Waals surface area contributed by atoms with E-state index in [1.54, 1.807) is 6.92 Å². The summed E-state index contributed by atoms with van der Waals surface area (Å²) in [4.78, 5) is 0. The Balaban J connectivity index is 2.71. The summed E-state index contributed by atoms with van der Waals surface area (Å²) < 4.78 is 37.1. The van der Waals surface area contributed by atoms with E-state index in [0.29, 0.717) is 6.42 Å². The van der Waals surface area contributed by atoms with Crippen LogP contribution in [-0.2, 0) is 0 Å². The Labute approximate surface area is 71.1 Å². The van der Waals surface area contributed by atoms with Crippen LogP contribution in [0.5, 0.6) is 0 Å². The van der Waals surface area contributed by atoms with Gasteiger partial charge in [-0.05, 0) is 24.2 Å². The zero-order valence-corrected chi connectivity index (χ0v) is 7.65. The first-order chi connectivity index (χ1) is 5.34. The molecular formula is C9H15F3. The van der Waals surface area contributed by atoms with Crippen molar-refractivity contribution in [3.63, 3.8) is 0 Å². The highest BCUT2D eigenvalue weighted by molar-refractivity contribution is 4.87. The molecule has 0 aromatic rings. The van der Waals surface area contributed by atoms with Gasteiger partial charge in [0.25, 0.3) is 0 Å². The van der Waals surface area contributed by atoms with Gasteiger partial charge in [0.15, 0.2) is 0 Å². The van der Waals surface area contributed by atoms with E-state index in [0.717, 1.165) is 0 Å². The predicted octanol–water partition coefficient (Wildman–Crippen LogP) is 3.48. The Morgan fingerprint density at radius 1 is 1.00 bits per heavy atom. The highest BCUT2D eigenvalue weighted by atomic mass is 19.4. The SMILES string of the molecule is CC1CC(C(F)(F)F)C(C)C1C. The van der Waals surface area contributed by atoms with E-state index in [1.807, 2.05) is 13.8 Å². The van der Waals surface area contributed by atoms with Crippen LogP contribution in [0.2, 0.25) is 0 Å². The molecular weight excluding hydrogens is 165 g/mol. The van der Waals surface area contributed by atoms with Crippen molar-refractivity contribution in [3.8, 4) is 0 Å². The van der Waals surface area contributed by atoms with Crippen LogP contribution in [0.25, 0.3) is 0 Å². The van der Waals surface area contributed by atoms with Crippen LogP contribution >= 0.6 is 0 Å². The Morgan fingerprint density at radius 3 is 1.67 bits per heavy atom. The minimum absolute atomic E-state index is 0.205. The Bertz CT molecular complexity index is 162. The van der Waals surface area contributed by atoms with Crippen molar-refractivity contribution in [1.29, 1.82) is 0 Å². The van der Waals surface area contributed by atoms with E-state index in [9.17, 15) is 13.2 Å². The first-order valence-corrected chi connectivity index (χ1v) is 4.40. The number of halogens is 3. The van der Waals surface area contributed by atoms with Gasteiger partial charge in [0.1, 0.15) is 0 Å². The Morgan fingerprint density at radius 2 is 1.50 bits per heavy atom. The zero-order chi connectivity index (χ0) is 9.52. The van der Waals surface area contributed by atoms with Gasteiger partial charge >= 0.3 is 6.18 Å². The molecule has 0 amide bonds. The van der Waals surface area contributed by atoms with E-state index in [2.05, 4.69) is 0 Å². The second-order valence-electron chi connectivity index (χ2n) is 4.08. The van der Waals surface area contributed by atoms with Crippen molar-refractivity contribution in [2.75, 3.05) is 0 Å². The van der Waals surface area contributed by atoms with Crippen LogP contribution < -0.4 is 0 Å². The predicted molar refractivity (Wildman–Crippen MR) is 41.7 cm³/mol. The summed E-state index contributed by atoms with van der Waals surface area (Å²) in [6, 6.07) is 0. The van der Waals surface area contributed by atoms with Crippen molar-refractivity contribution >= 4 is 0 Å². The van der Waals surface area contributed by atoms with Gasteiger partial charge in [-0.3, -0.25) is 0 Å². The fraction of sp³-hybridized carbons (Fsp3) is 1.00. The molecule has 0 aromatic heterocycles. The van der Waals surface area contributed by atoms with Gasteiger partial charge in [-0.15, -0.1) is 0 Å². The highest BCUT2D eigenvalue weighted by Gasteiger charge is 2.50. The van der Waals surface area contributed by atoms with Crippen LogP contribution in [0.15, 0.2) is 0 Å². The number of alkyl halides is 3. The summed E-state index contributed by atoms with van der Waals surface area (Å²) in [7, 11) is 0. The lowest BCUT2D eigenvalue weighted by molar-refractivity contribution is -0.183. The van der Waals surface area contributed by atoms with Gasteiger partial charge in [-0.25, -0.2) is 0 Å². The maximum Gasteiger partial charge on any atom is 0.392 e. The molecule has 4 atom stereocenters. The van der Waals surface area contributed by atoms with Gasteiger partial charge in [-0.2, -0.15) is 13.2 Å². The molecule has 0 N–H and O–H groups in total. The lowest BCUT2D eigenvalue weighted by Gasteiger charge is -2.20. The molecule has 1 aliphatic carbocycles. The Kier molecular flexibility index (Phi) is 2.41. The number of hydrogen-bond donors (Lipinski definition) is 0. The molecule has 1 fully saturated rings. The fourth-order valence-electron chi connectivity index (χ4n) is 2.15. The van der Waals surface area contributed by atoms with Gasteiger partial charge in [0, 0.05) is 0 Å². The largest absolute Gasteiger partial charge is 0.392 e. The molecule has 3 heteroatoms. The highest BCUT2D eigenvalue weighted by Crippen LogP contribution is 2.48. The molecule has 0 nitrogen and oxygen atoms in total. The molecule has 1 aliphatic rings. The van der Waals surface area contributed by atoms with Gasteiger partial charge in [0.2, 0.25) is 0 Å². The topological polar surface area (TPSA) is 0 Å². The minimum atomic E-state index is -3.99. The smallest absolute Gasteiger partial charge is 0.171 e. The summed E-state index contributed by atoms with van der Waals surface area (Å²) in [5.74, 6) is -0.856. The molecule has 0 bridgehead atoms. The molecule has 0 aliphatic heterocycles. The average Bonchev–Trinajstić information content (AvgIpc) is 2.15. The fourth-order valence-corrected chi connectivity index (χ4v) is 2.15. The third-order valence-electron chi connectivity index (χ3n) is 3.41. The third kappa shape index (κ3) is 1.59. The minimum Gasteiger partial charge on any atom is -0.171 e. The molecule has 0 heterocycles. The maximum absolute atomic E-state index is 12.4. The molecule has 12 heavy (non-hydrogen) atoms. The van der Waals surface area contributed by atoms with Gasteiger partial charge in [-0.1, -0.05) is 20.8 Å². The second-order valence-corrected chi connectivity index (χ2v) is 4.08. The van der Waals surface area contributed by atoms with E-state index in [4.69, 9.17) is 0 Å². The van der Waals surface area contributed by atoms with Crippen molar-refractivity contribution in [2.45, 2.75) is 33.4 Å². The average molecular weight is 180 g/mol. The van der Waals surface area contributed by atoms with Crippen LogP contribution in [0.4, 0.5) is 13.2 Å². The molecule has 72 valence electrons. The summed E-state index contributed by atoms with van der Waals surface area (Å²) in [6.07, 6.45) is -3.68. The summed E-state index contributed by atoms with van der Waals surface area (Å²) in [6.45, 7) is 5.54. The van der Waals surface area contributed by atoms with Crippen molar-refractivity contribution in [1.82, 2.24) is 0 Å². The van der Waals surface area contributed by atoms with Crippen LogP contribution in [0, 0.1) is 23.7 Å². The van der Waals surface area contributed by atoms with E-state index in [1.165, 1.54) is 0 Å². The first kappa shape index (κ1) is 9.87. The number of hydrogen-bond acceptors (Lipinski definition) is 0. The van der Waals surface area contributed by atoms with Crippen molar-refractivity contribution in [3.05, 3.63) is 0 Å². The summed E-state index contributed by atoms with van der Waals surface area (Å²) in [5, 5.41) is 0. The van der Waals surface area contributed by atoms with Crippen LogP contribution in [0.1, 0.15) is 27.2 Å². The van der Waals surface area contributed by atoms with Crippen LogP contribution in [-0.4, -0.2) is 6.18 Å².